The Morgan fingerprint density at radius 3 is 1.75 bits per heavy atom. The molecule has 0 aromatic carbocycles. The van der Waals surface area contributed by atoms with Crippen molar-refractivity contribution in [3.05, 3.63) is 13.6 Å². The van der Waals surface area contributed by atoms with Crippen LogP contribution in [0.5, 0.6) is 0 Å². The van der Waals surface area contributed by atoms with E-state index < -0.39 is 0 Å². The number of rotatable bonds is 0. The van der Waals surface area contributed by atoms with E-state index in [4.69, 9.17) is 0 Å². The van der Waals surface area contributed by atoms with Gasteiger partial charge in [0.2, 0.25) is 0 Å². The van der Waals surface area contributed by atoms with Gasteiger partial charge in [0, 0.05) is 7.43 Å². The van der Waals surface area contributed by atoms with Gasteiger partial charge < -0.3 is 0 Å². The first-order chi connectivity index (χ1) is 1.41. The molecule has 0 saturated carbocycles. The van der Waals surface area contributed by atoms with Gasteiger partial charge in [0.1, 0.15) is 0 Å². The first kappa shape index (κ1) is 8.88. The van der Waals surface area contributed by atoms with Gasteiger partial charge in [-0.05, 0) is 0 Å². The fourth-order valence-corrected chi connectivity index (χ4v) is 0. The smallest absolute Gasteiger partial charge is 0.216 e. The molecule has 0 bridgehead atoms. The second kappa shape index (κ2) is 10.7. The van der Waals surface area contributed by atoms with E-state index in [2.05, 4.69) is 11.6 Å². The molecule has 22 valence electrons. The molecule has 0 aromatic rings. The van der Waals surface area contributed by atoms with Gasteiger partial charge in [-0.25, -0.2) is 4.39 Å². The van der Waals surface area contributed by atoms with Crippen LogP contribution in [0.2, 0.25) is 0 Å². The van der Waals surface area contributed by atoms with Crippen LogP contribution in [0, 0.1) is 13.6 Å². The van der Waals surface area contributed by atoms with E-state index in [1.807, 2.05) is 0 Å². The molecule has 4 heavy (non-hydrogen) atoms. The van der Waals surface area contributed by atoms with Crippen molar-refractivity contribution < 1.29 is 4.39 Å². The van der Waals surface area contributed by atoms with Crippen LogP contribution in [0.15, 0.2) is 0 Å². The van der Waals surface area contributed by atoms with Gasteiger partial charge in [-0.3, -0.25) is 0 Å². The van der Waals surface area contributed by atoms with Gasteiger partial charge in [0.15, 0.2) is 0 Å². The van der Waals surface area contributed by atoms with Crippen LogP contribution in [0.3, 0.4) is 0 Å². The van der Waals surface area contributed by atoms with E-state index in [9.17, 15) is 4.39 Å². The monoisotopic (exact) mass is 78.0 g/mol. The quantitative estimate of drug-likeness (QED) is 0.409. The molecule has 0 rings (SSSR count). The van der Waals surface area contributed by atoms with Crippen molar-refractivity contribution in [1.29, 1.82) is 0 Å². The van der Waals surface area contributed by atoms with Crippen molar-refractivity contribution in [2.75, 3.05) is 0 Å². The summed E-state index contributed by atoms with van der Waals surface area (Å²) in [5.41, 5.74) is 0. The normalized spacial score (nSPS) is 4.50. The maximum Gasteiger partial charge on any atom is 0.288 e. The van der Waals surface area contributed by atoms with E-state index in [1.165, 1.54) is 0 Å². The molecule has 0 atom stereocenters. The molecular weight excluding hydrogens is 78.5 g/mol. The summed E-state index contributed by atoms with van der Waals surface area (Å²) in [5.74, 6) is 0. The Balaban J connectivity index is 0. The van der Waals surface area contributed by atoms with E-state index in [0.717, 1.165) is 6.13 Å². The molecule has 0 amide bonds. The van der Waals surface area contributed by atoms with Crippen LogP contribution in [0.1, 0.15) is 0 Å². The standard InChI is InChI=1S/CClF.C/c2-1-3;. The first-order valence-electron chi connectivity index (χ1n) is 0.378. The third-order valence-corrected chi connectivity index (χ3v) is 0. The van der Waals surface area contributed by atoms with Crippen molar-refractivity contribution in [2.24, 2.45) is 0 Å². The van der Waals surface area contributed by atoms with E-state index in [-0.39, 0.29) is 7.43 Å². The highest BCUT2D eigenvalue weighted by Gasteiger charge is 1.50. The predicted octanol–water partition coefficient (Wildman–Crippen LogP) is 1.27. The van der Waals surface area contributed by atoms with Crippen LogP contribution in [0.25, 0.3) is 0 Å². The molecule has 0 nitrogen and oxygen atoms in total. The molecule has 0 saturated heterocycles. The zero-order valence-corrected chi connectivity index (χ0v) is 2.51. The van der Waals surface area contributed by atoms with Gasteiger partial charge in [0.25, 0.3) is 6.13 Å². The molecule has 6 radical (unpaired) electrons. The Labute approximate surface area is 30.6 Å². The van der Waals surface area contributed by atoms with Crippen molar-refractivity contribution >= 4 is 11.6 Å². The molecule has 0 fully saturated rings. The zero-order valence-electron chi connectivity index (χ0n) is 1.76. The summed E-state index contributed by atoms with van der Waals surface area (Å²) in [6.07, 6.45) is 0.722. The summed E-state index contributed by atoms with van der Waals surface area (Å²) in [6.45, 7) is 0. The lowest BCUT2D eigenvalue weighted by atomic mass is 11.8. The molecule has 2 heteroatoms. The molecule has 0 aromatic heterocycles. The van der Waals surface area contributed by atoms with Crippen LogP contribution in [-0.4, -0.2) is 0 Å². The Bertz CT molecular complexity index is 6.00. The number of hydrogen-bond donors (Lipinski definition) is 0. The average molecular weight is 78.5 g/mol. The molecule has 0 aliphatic carbocycles. The number of hydrogen-bond acceptors (Lipinski definition) is 0. The second-order valence-corrected chi connectivity index (χ2v) is 0.214. The second-order valence-electron chi connectivity index (χ2n) is 0.0714. The lowest BCUT2D eigenvalue weighted by Crippen LogP contribution is -1.12. The summed E-state index contributed by atoms with van der Waals surface area (Å²) < 4.78 is 9.81. The zero-order chi connectivity index (χ0) is 2.71. The maximum absolute atomic E-state index is 9.81. The van der Waals surface area contributed by atoms with Gasteiger partial charge in [-0.15, -0.1) is 0 Å². The summed E-state index contributed by atoms with van der Waals surface area (Å²) >= 11 is 4.08. The Morgan fingerprint density at radius 1 is 1.75 bits per heavy atom. The highest BCUT2D eigenvalue weighted by Crippen LogP contribution is 1.76. The fraction of sp³-hybridized carbons (Fsp3) is 0. The topological polar surface area (TPSA) is 0 Å². The molecule has 0 aliphatic rings. The van der Waals surface area contributed by atoms with Gasteiger partial charge in [-0.1, -0.05) is 11.6 Å². The van der Waals surface area contributed by atoms with Crippen molar-refractivity contribution in [1.82, 2.24) is 0 Å². The largest absolute Gasteiger partial charge is 0.288 e. The summed E-state index contributed by atoms with van der Waals surface area (Å²) in [4.78, 5) is 0. The molecular formula is C2ClF. The van der Waals surface area contributed by atoms with Crippen LogP contribution in [0.4, 0.5) is 4.39 Å². The molecule has 0 unspecified atom stereocenters. The van der Waals surface area contributed by atoms with E-state index >= 15 is 0 Å². The fourth-order valence-electron chi connectivity index (χ4n) is 0. The first-order valence-corrected chi connectivity index (χ1v) is 0.756. The van der Waals surface area contributed by atoms with E-state index in [1.54, 1.807) is 0 Å². The lowest BCUT2D eigenvalue weighted by Gasteiger charge is -1.36. The third-order valence-electron chi connectivity index (χ3n) is 0. The Kier molecular flexibility index (Phi) is 23.7. The lowest BCUT2D eigenvalue weighted by molar-refractivity contribution is 0.685. The Morgan fingerprint density at radius 2 is 1.75 bits per heavy atom. The van der Waals surface area contributed by atoms with Gasteiger partial charge in [0.05, 0.1) is 0 Å². The Hall–Kier alpha value is 0.220. The van der Waals surface area contributed by atoms with Crippen molar-refractivity contribution in [2.45, 2.75) is 0 Å². The maximum atomic E-state index is 9.81. The van der Waals surface area contributed by atoms with Gasteiger partial charge >= 0.3 is 0 Å². The molecule has 0 heterocycles. The molecule has 0 N–H and O–H groups in total. The average Bonchev–Trinajstić information content (AvgIpc) is 0.918. The van der Waals surface area contributed by atoms with Crippen LogP contribution >= 0.6 is 11.6 Å². The van der Waals surface area contributed by atoms with Crippen LogP contribution in [-0.2, 0) is 0 Å². The third kappa shape index (κ3) is 68.3. The highest BCUT2D eigenvalue weighted by molar-refractivity contribution is 6.21. The molecule has 0 aliphatic heterocycles. The minimum atomic E-state index is 0. The SMILES string of the molecule is F[C]Cl.[C]. The summed E-state index contributed by atoms with van der Waals surface area (Å²) in [6, 6.07) is 0. The molecule has 0 spiro atoms. The van der Waals surface area contributed by atoms with Crippen molar-refractivity contribution in [3.8, 4) is 0 Å². The highest BCUT2D eigenvalue weighted by atomic mass is 35.5. The van der Waals surface area contributed by atoms with Crippen LogP contribution < -0.4 is 0 Å². The minimum absolute atomic E-state index is 0. The van der Waals surface area contributed by atoms with Crippen molar-refractivity contribution in [3.63, 3.8) is 0 Å². The van der Waals surface area contributed by atoms with E-state index in [0.29, 0.717) is 0 Å². The minimum Gasteiger partial charge on any atom is -0.216 e. The summed E-state index contributed by atoms with van der Waals surface area (Å²) in [7, 11) is 0. The predicted molar refractivity (Wildman–Crippen MR) is 13.4 cm³/mol. The summed E-state index contributed by atoms with van der Waals surface area (Å²) in [5, 5.41) is 0. The number of halogens is 2. The van der Waals surface area contributed by atoms with Gasteiger partial charge in [-0.2, -0.15) is 0 Å².